The number of benzene rings is 2. The van der Waals surface area contributed by atoms with Crippen molar-refractivity contribution >= 4 is 39.3 Å². The summed E-state index contributed by atoms with van der Waals surface area (Å²) in [7, 11) is 0. The van der Waals surface area contributed by atoms with Gasteiger partial charge in [0.15, 0.2) is 0 Å². The SMILES string of the molecule is CCOc1ccc(/C(C)=N\NC(=O)CSCc2ccccc2Br)cc1. The number of hydrogen-bond donors (Lipinski definition) is 1. The summed E-state index contributed by atoms with van der Waals surface area (Å²) >= 11 is 5.06. The Morgan fingerprint density at radius 2 is 1.92 bits per heavy atom. The van der Waals surface area contributed by atoms with Crippen molar-refractivity contribution in [3.05, 3.63) is 64.1 Å². The lowest BCUT2D eigenvalue weighted by molar-refractivity contribution is -0.118. The van der Waals surface area contributed by atoms with Crippen LogP contribution in [0.1, 0.15) is 25.0 Å². The minimum absolute atomic E-state index is 0.109. The molecule has 0 unspecified atom stereocenters. The Bertz CT molecular complexity index is 732. The zero-order chi connectivity index (χ0) is 18.1. The fraction of sp³-hybridized carbons (Fsp3) is 0.263. The van der Waals surface area contributed by atoms with Crippen LogP contribution in [0.3, 0.4) is 0 Å². The molecule has 0 saturated heterocycles. The molecular weight excluding hydrogens is 400 g/mol. The van der Waals surface area contributed by atoms with E-state index in [-0.39, 0.29) is 5.91 Å². The Labute approximate surface area is 161 Å². The minimum atomic E-state index is -0.109. The molecule has 0 saturated carbocycles. The van der Waals surface area contributed by atoms with Crippen LogP contribution in [0.2, 0.25) is 0 Å². The van der Waals surface area contributed by atoms with Gasteiger partial charge in [-0.3, -0.25) is 4.79 Å². The van der Waals surface area contributed by atoms with Crippen LogP contribution in [-0.4, -0.2) is 24.0 Å². The van der Waals surface area contributed by atoms with E-state index in [9.17, 15) is 4.79 Å². The van der Waals surface area contributed by atoms with Gasteiger partial charge >= 0.3 is 0 Å². The molecule has 1 amide bonds. The first kappa shape index (κ1) is 19.5. The summed E-state index contributed by atoms with van der Waals surface area (Å²) in [5.41, 5.74) is 5.49. The van der Waals surface area contributed by atoms with Crippen LogP contribution in [0.25, 0.3) is 0 Å². The molecule has 2 aromatic rings. The second-order valence-electron chi connectivity index (χ2n) is 5.27. The molecule has 2 rings (SSSR count). The number of rotatable bonds is 8. The van der Waals surface area contributed by atoms with Gasteiger partial charge in [0.25, 0.3) is 0 Å². The molecule has 132 valence electrons. The van der Waals surface area contributed by atoms with E-state index in [0.717, 1.165) is 27.3 Å². The highest BCUT2D eigenvalue weighted by atomic mass is 79.9. The first-order valence-corrected chi connectivity index (χ1v) is 9.92. The zero-order valence-corrected chi connectivity index (χ0v) is 16.7. The molecular formula is C19H21BrN2O2S. The molecule has 0 aliphatic carbocycles. The highest BCUT2D eigenvalue weighted by Gasteiger charge is 2.04. The maximum absolute atomic E-state index is 11.9. The van der Waals surface area contributed by atoms with E-state index in [1.54, 1.807) is 11.8 Å². The average Bonchev–Trinajstić information content (AvgIpc) is 2.62. The lowest BCUT2D eigenvalue weighted by Crippen LogP contribution is -2.21. The van der Waals surface area contributed by atoms with E-state index in [4.69, 9.17) is 4.74 Å². The molecule has 0 aromatic heterocycles. The molecule has 2 aromatic carbocycles. The molecule has 6 heteroatoms. The van der Waals surface area contributed by atoms with E-state index in [1.807, 2.05) is 62.4 Å². The topological polar surface area (TPSA) is 50.7 Å². The number of nitrogens with zero attached hydrogens (tertiary/aromatic N) is 1. The molecule has 0 aliphatic heterocycles. The number of halogens is 1. The quantitative estimate of drug-likeness (QED) is 0.500. The van der Waals surface area contributed by atoms with Crippen LogP contribution in [0.4, 0.5) is 0 Å². The van der Waals surface area contributed by atoms with Gasteiger partial charge in [0.2, 0.25) is 5.91 Å². The van der Waals surface area contributed by atoms with Crippen molar-refractivity contribution in [1.29, 1.82) is 0 Å². The smallest absolute Gasteiger partial charge is 0.250 e. The van der Waals surface area contributed by atoms with Crippen LogP contribution >= 0.6 is 27.7 Å². The van der Waals surface area contributed by atoms with Gasteiger partial charge in [-0.1, -0.05) is 34.1 Å². The maximum Gasteiger partial charge on any atom is 0.250 e. The summed E-state index contributed by atoms with van der Waals surface area (Å²) in [6.45, 7) is 4.45. The van der Waals surface area contributed by atoms with Crippen LogP contribution in [-0.2, 0) is 10.5 Å². The van der Waals surface area contributed by atoms with Crippen LogP contribution in [0.15, 0.2) is 58.1 Å². The van der Waals surface area contributed by atoms with Crippen molar-refractivity contribution in [2.75, 3.05) is 12.4 Å². The summed E-state index contributed by atoms with van der Waals surface area (Å²) in [6, 6.07) is 15.7. The van der Waals surface area contributed by atoms with Crippen LogP contribution in [0.5, 0.6) is 5.75 Å². The molecule has 0 aliphatic rings. The van der Waals surface area contributed by atoms with Crippen molar-refractivity contribution in [2.24, 2.45) is 5.10 Å². The minimum Gasteiger partial charge on any atom is -0.494 e. The summed E-state index contributed by atoms with van der Waals surface area (Å²) in [6.07, 6.45) is 0. The second kappa shape index (κ2) is 10.3. The van der Waals surface area contributed by atoms with Gasteiger partial charge in [-0.2, -0.15) is 5.10 Å². The molecule has 0 atom stereocenters. The number of amides is 1. The van der Waals surface area contributed by atoms with Gasteiger partial charge < -0.3 is 4.74 Å². The van der Waals surface area contributed by atoms with E-state index >= 15 is 0 Å². The molecule has 1 N–H and O–H groups in total. The number of thioether (sulfide) groups is 1. The van der Waals surface area contributed by atoms with Crippen molar-refractivity contribution < 1.29 is 9.53 Å². The lowest BCUT2D eigenvalue weighted by Gasteiger charge is -2.06. The molecule has 0 radical (unpaired) electrons. The zero-order valence-electron chi connectivity index (χ0n) is 14.3. The average molecular weight is 421 g/mol. The third-order valence-corrected chi connectivity index (χ3v) is 5.14. The number of ether oxygens (including phenoxy) is 1. The molecule has 4 nitrogen and oxygen atoms in total. The second-order valence-corrected chi connectivity index (χ2v) is 7.11. The Morgan fingerprint density at radius 3 is 2.60 bits per heavy atom. The Hall–Kier alpha value is -1.79. The number of hydrazone groups is 1. The van der Waals surface area contributed by atoms with Crippen LogP contribution in [0, 0.1) is 0 Å². The summed E-state index contributed by atoms with van der Waals surface area (Å²) in [4.78, 5) is 11.9. The van der Waals surface area contributed by atoms with Gasteiger partial charge in [0, 0.05) is 10.2 Å². The molecule has 0 bridgehead atoms. The third-order valence-electron chi connectivity index (χ3n) is 3.38. The van der Waals surface area contributed by atoms with E-state index in [0.29, 0.717) is 12.4 Å². The van der Waals surface area contributed by atoms with Crippen molar-refractivity contribution in [3.63, 3.8) is 0 Å². The van der Waals surface area contributed by atoms with Gasteiger partial charge in [0.05, 0.1) is 18.1 Å². The first-order valence-electron chi connectivity index (χ1n) is 7.97. The maximum atomic E-state index is 11.9. The monoisotopic (exact) mass is 420 g/mol. The first-order chi connectivity index (χ1) is 12.1. The Morgan fingerprint density at radius 1 is 1.20 bits per heavy atom. The van der Waals surface area contributed by atoms with Crippen molar-refractivity contribution in [2.45, 2.75) is 19.6 Å². The standard InChI is InChI=1S/C19H21BrN2O2S/c1-3-24-17-10-8-15(9-11-17)14(2)21-22-19(23)13-25-12-16-6-4-5-7-18(16)20/h4-11H,3,12-13H2,1-2H3,(H,22,23)/b21-14-. The molecule has 0 spiro atoms. The highest BCUT2D eigenvalue weighted by molar-refractivity contribution is 9.10. The number of nitrogens with one attached hydrogen (secondary N) is 1. The third kappa shape index (κ3) is 6.55. The molecule has 0 fully saturated rings. The summed E-state index contributed by atoms with van der Waals surface area (Å²) in [5, 5.41) is 4.17. The molecule has 0 heterocycles. The summed E-state index contributed by atoms with van der Waals surface area (Å²) in [5.74, 6) is 1.85. The fourth-order valence-electron chi connectivity index (χ4n) is 2.07. The number of hydrogen-bond acceptors (Lipinski definition) is 4. The molecule has 25 heavy (non-hydrogen) atoms. The van der Waals surface area contributed by atoms with E-state index in [2.05, 4.69) is 26.5 Å². The van der Waals surface area contributed by atoms with E-state index in [1.165, 1.54) is 5.56 Å². The Balaban J connectivity index is 1.79. The normalized spacial score (nSPS) is 11.2. The van der Waals surface area contributed by atoms with Crippen LogP contribution < -0.4 is 10.2 Å². The van der Waals surface area contributed by atoms with Gasteiger partial charge in [-0.05, 0) is 55.3 Å². The lowest BCUT2D eigenvalue weighted by atomic mass is 10.1. The predicted molar refractivity (Wildman–Crippen MR) is 108 cm³/mol. The fourth-order valence-corrected chi connectivity index (χ4v) is 3.51. The van der Waals surface area contributed by atoms with Crippen molar-refractivity contribution in [3.8, 4) is 5.75 Å². The van der Waals surface area contributed by atoms with Gasteiger partial charge in [-0.25, -0.2) is 5.43 Å². The van der Waals surface area contributed by atoms with Crippen molar-refractivity contribution in [1.82, 2.24) is 5.43 Å². The predicted octanol–water partition coefficient (Wildman–Crippen LogP) is 4.62. The largest absolute Gasteiger partial charge is 0.494 e. The number of carbonyl (C=O) groups excluding carboxylic acids is 1. The van der Waals surface area contributed by atoms with E-state index < -0.39 is 0 Å². The van der Waals surface area contributed by atoms with Gasteiger partial charge in [-0.15, -0.1) is 11.8 Å². The highest BCUT2D eigenvalue weighted by Crippen LogP contribution is 2.21. The Kier molecular flexibility index (Phi) is 8.01. The summed E-state index contributed by atoms with van der Waals surface area (Å²) < 4.78 is 6.47. The van der Waals surface area contributed by atoms with Gasteiger partial charge in [0.1, 0.15) is 5.75 Å². The number of carbonyl (C=O) groups is 1.